The van der Waals surface area contributed by atoms with Gasteiger partial charge in [-0.25, -0.2) is 9.59 Å². The predicted molar refractivity (Wildman–Crippen MR) is 132 cm³/mol. The summed E-state index contributed by atoms with van der Waals surface area (Å²) in [5, 5.41) is 14.8. The van der Waals surface area contributed by atoms with Crippen molar-refractivity contribution in [2.24, 2.45) is 5.92 Å². The van der Waals surface area contributed by atoms with Gasteiger partial charge in [-0.05, 0) is 56.1 Å². The monoisotopic (exact) mass is 476 g/mol. The fourth-order valence-electron chi connectivity index (χ4n) is 3.69. The van der Waals surface area contributed by atoms with Crippen LogP contribution in [0, 0.1) is 5.92 Å². The highest BCUT2D eigenvalue weighted by molar-refractivity contribution is 6.27. The SMILES string of the molecule is O=C(O)C(=O)O.O=c1[nH]cccc1CN1CCC(C=Cc2ccccc2Oc2ccccc2)CC1. The van der Waals surface area contributed by atoms with Gasteiger partial charge in [-0.2, -0.15) is 0 Å². The summed E-state index contributed by atoms with van der Waals surface area (Å²) in [7, 11) is 0. The Kier molecular flexibility index (Phi) is 9.39. The molecule has 1 aromatic heterocycles. The number of H-pyrrole nitrogens is 1. The third kappa shape index (κ3) is 8.28. The maximum absolute atomic E-state index is 11.9. The van der Waals surface area contributed by atoms with E-state index in [-0.39, 0.29) is 5.56 Å². The lowest BCUT2D eigenvalue weighted by atomic mass is 9.95. The summed E-state index contributed by atoms with van der Waals surface area (Å²) in [5.41, 5.74) is 1.95. The minimum atomic E-state index is -1.82. The van der Waals surface area contributed by atoms with Crippen molar-refractivity contribution in [2.45, 2.75) is 19.4 Å². The molecular weight excluding hydrogens is 448 g/mol. The quantitative estimate of drug-likeness (QED) is 0.455. The number of benzene rings is 2. The number of nitrogens with zero attached hydrogens (tertiary/aromatic N) is 1. The zero-order chi connectivity index (χ0) is 25.0. The van der Waals surface area contributed by atoms with Crippen LogP contribution in [0.3, 0.4) is 0 Å². The van der Waals surface area contributed by atoms with Crippen LogP contribution in [0.1, 0.15) is 24.0 Å². The first-order valence-electron chi connectivity index (χ1n) is 11.3. The van der Waals surface area contributed by atoms with Gasteiger partial charge in [0.1, 0.15) is 11.5 Å². The Balaban J connectivity index is 0.000000509. The van der Waals surface area contributed by atoms with Crippen LogP contribution in [0.5, 0.6) is 11.5 Å². The Bertz CT molecular complexity index is 1190. The van der Waals surface area contributed by atoms with Crippen LogP contribution in [0.15, 0.2) is 83.8 Å². The second-order valence-electron chi connectivity index (χ2n) is 8.06. The van der Waals surface area contributed by atoms with Crippen molar-refractivity contribution in [3.63, 3.8) is 0 Å². The molecule has 8 nitrogen and oxygen atoms in total. The lowest BCUT2D eigenvalue weighted by Gasteiger charge is -2.30. The number of rotatable bonds is 6. The van der Waals surface area contributed by atoms with E-state index in [1.54, 1.807) is 6.20 Å². The summed E-state index contributed by atoms with van der Waals surface area (Å²) in [4.78, 5) is 35.2. The van der Waals surface area contributed by atoms with E-state index >= 15 is 0 Å². The predicted octanol–water partition coefficient (Wildman–Crippen LogP) is 4.25. The van der Waals surface area contributed by atoms with Crippen molar-refractivity contribution in [1.29, 1.82) is 0 Å². The molecule has 8 heteroatoms. The maximum Gasteiger partial charge on any atom is 0.414 e. The number of likely N-dealkylation sites (tertiary alicyclic amines) is 1. The maximum atomic E-state index is 11.9. The summed E-state index contributed by atoms with van der Waals surface area (Å²) in [6.45, 7) is 2.73. The van der Waals surface area contributed by atoms with Gasteiger partial charge < -0.3 is 19.9 Å². The number of pyridine rings is 1. The molecule has 1 aliphatic rings. The molecular formula is C27H28N2O6. The number of carbonyl (C=O) groups is 2. The van der Waals surface area contributed by atoms with Gasteiger partial charge in [0.25, 0.3) is 5.56 Å². The summed E-state index contributed by atoms with van der Waals surface area (Å²) in [6.07, 6.45) is 8.37. The zero-order valence-electron chi connectivity index (χ0n) is 19.2. The number of ether oxygens (including phenoxy) is 1. The fourth-order valence-corrected chi connectivity index (χ4v) is 3.69. The number of carboxylic acid groups (broad SMARTS) is 2. The van der Waals surface area contributed by atoms with Crippen molar-refractivity contribution in [3.8, 4) is 11.5 Å². The van der Waals surface area contributed by atoms with Crippen molar-refractivity contribution in [1.82, 2.24) is 9.88 Å². The van der Waals surface area contributed by atoms with Crippen LogP contribution in [0.2, 0.25) is 0 Å². The Hall–Kier alpha value is -4.17. The topological polar surface area (TPSA) is 120 Å². The number of aromatic nitrogens is 1. The van der Waals surface area contributed by atoms with Crippen LogP contribution in [0.25, 0.3) is 6.08 Å². The highest BCUT2D eigenvalue weighted by Gasteiger charge is 2.18. The number of nitrogens with one attached hydrogen (secondary N) is 1. The third-order valence-electron chi connectivity index (χ3n) is 5.55. The lowest BCUT2D eigenvalue weighted by Crippen LogP contribution is -2.34. The highest BCUT2D eigenvalue weighted by Crippen LogP contribution is 2.27. The lowest BCUT2D eigenvalue weighted by molar-refractivity contribution is -0.159. The Morgan fingerprint density at radius 3 is 2.26 bits per heavy atom. The third-order valence-corrected chi connectivity index (χ3v) is 5.55. The van der Waals surface area contributed by atoms with Crippen LogP contribution in [0.4, 0.5) is 0 Å². The average Bonchev–Trinajstić information content (AvgIpc) is 2.87. The number of allylic oxidation sites excluding steroid dienone is 1. The zero-order valence-corrected chi connectivity index (χ0v) is 19.2. The molecule has 1 fully saturated rings. The molecule has 0 spiro atoms. The molecule has 0 amide bonds. The Labute approximate surface area is 203 Å². The van der Waals surface area contributed by atoms with Crippen molar-refractivity contribution < 1.29 is 24.5 Å². The van der Waals surface area contributed by atoms with E-state index in [9.17, 15) is 4.79 Å². The first kappa shape index (κ1) is 25.5. The molecule has 1 aliphatic heterocycles. The van der Waals surface area contributed by atoms with Crippen molar-refractivity contribution in [2.75, 3.05) is 13.1 Å². The van der Waals surface area contributed by atoms with Crippen LogP contribution >= 0.6 is 0 Å². The van der Waals surface area contributed by atoms with Gasteiger partial charge in [0, 0.05) is 23.9 Å². The first-order chi connectivity index (χ1) is 16.9. The molecule has 0 unspecified atom stereocenters. The second-order valence-corrected chi connectivity index (χ2v) is 8.06. The van der Waals surface area contributed by atoms with Crippen molar-refractivity contribution in [3.05, 3.63) is 100 Å². The van der Waals surface area contributed by atoms with Gasteiger partial charge in [-0.15, -0.1) is 0 Å². The number of hydrogen-bond acceptors (Lipinski definition) is 5. The van der Waals surface area contributed by atoms with E-state index in [0.717, 1.165) is 55.1 Å². The van der Waals surface area contributed by atoms with E-state index in [1.165, 1.54) is 0 Å². The fraction of sp³-hybridized carbons (Fsp3) is 0.222. The molecule has 3 N–H and O–H groups in total. The number of aliphatic carboxylic acids is 2. The molecule has 0 bridgehead atoms. The van der Waals surface area contributed by atoms with Crippen molar-refractivity contribution >= 4 is 18.0 Å². The van der Waals surface area contributed by atoms with Crippen LogP contribution < -0.4 is 10.3 Å². The number of aromatic amines is 1. The second kappa shape index (κ2) is 12.9. The van der Waals surface area contributed by atoms with E-state index in [0.29, 0.717) is 5.92 Å². The molecule has 0 radical (unpaired) electrons. The largest absolute Gasteiger partial charge is 0.473 e. The molecule has 0 atom stereocenters. The van der Waals surface area contributed by atoms with E-state index in [1.807, 2.05) is 60.7 Å². The van der Waals surface area contributed by atoms with E-state index in [2.05, 4.69) is 28.1 Å². The van der Waals surface area contributed by atoms with Crippen LogP contribution in [-0.2, 0) is 16.1 Å². The number of carboxylic acids is 2. The molecule has 2 heterocycles. The standard InChI is InChI=1S/C25H26N2O2.C2H2O4/c28-25-22(8-6-16-26-25)19-27-17-14-20(15-18-27)12-13-21-7-4-5-11-24(21)29-23-9-2-1-3-10-23;3-1(4)2(5)6/h1-13,16,20H,14-15,17-19H2,(H,26,28);(H,3,4)(H,5,6). The first-order valence-corrected chi connectivity index (χ1v) is 11.3. The number of piperidine rings is 1. The van der Waals surface area contributed by atoms with Gasteiger partial charge >= 0.3 is 11.9 Å². The molecule has 182 valence electrons. The molecule has 0 aliphatic carbocycles. The van der Waals surface area contributed by atoms with Gasteiger partial charge in [0.05, 0.1) is 0 Å². The molecule has 0 saturated carbocycles. The summed E-state index contributed by atoms with van der Waals surface area (Å²) < 4.78 is 6.05. The Morgan fingerprint density at radius 1 is 0.943 bits per heavy atom. The summed E-state index contributed by atoms with van der Waals surface area (Å²) in [5.74, 6) is -1.39. The normalized spacial score (nSPS) is 14.2. The average molecular weight is 477 g/mol. The number of para-hydroxylation sites is 2. The van der Waals surface area contributed by atoms with Gasteiger partial charge in [-0.3, -0.25) is 9.69 Å². The van der Waals surface area contributed by atoms with Gasteiger partial charge in [0.15, 0.2) is 0 Å². The molecule has 2 aromatic carbocycles. The molecule has 35 heavy (non-hydrogen) atoms. The summed E-state index contributed by atoms with van der Waals surface area (Å²) >= 11 is 0. The van der Waals surface area contributed by atoms with Crippen LogP contribution in [-0.4, -0.2) is 45.1 Å². The highest BCUT2D eigenvalue weighted by atomic mass is 16.5. The van der Waals surface area contributed by atoms with Gasteiger partial charge in [0.2, 0.25) is 0 Å². The minimum Gasteiger partial charge on any atom is -0.473 e. The number of hydrogen-bond donors (Lipinski definition) is 3. The minimum absolute atomic E-state index is 0.0181. The van der Waals surface area contributed by atoms with E-state index in [4.69, 9.17) is 24.5 Å². The smallest absolute Gasteiger partial charge is 0.414 e. The van der Waals surface area contributed by atoms with E-state index < -0.39 is 11.9 Å². The molecule has 3 aromatic rings. The Morgan fingerprint density at radius 2 is 1.60 bits per heavy atom. The molecule has 1 saturated heterocycles. The summed E-state index contributed by atoms with van der Waals surface area (Å²) in [6, 6.07) is 21.8. The molecule has 4 rings (SSSR count). The van der Waals surface area contributed by atoms with Gasteiger partial charge in [-0.1, -0.05) is 54.6 Å².